The molecule has 0 unspecified atom stereocenters. The molecule has 2 aromatic heterocycles. The zero-order chi connectivity index (χ0) is 15.5. The van der Waals surface area contributed by atoms with Gasteiger partial charge in [-0.15, -0.1) is 10.2 Å². The largest absolute Gasteiger partial charge is 0.478 e. The number of carboxylic acid groups (broad SMARTS) is 1. The molecule has 3 rings (SSSR count). The molecule has 2 N–H and O–H groups in total. The number of amides is 1. The number of nitrogens with one attached hydrogen (secondary N) is 1. The van der Waals surface area contributed by atoms with Crippen molar-refractivity contribution in [2.75, 3.05) is 6.54 Å². The Labute approximate surface area is 126 Å². The van der Waals surface area contributed by atoms with E-state index in [4.69, 9.17) is 5.11 Å². The molecule has 1 amide bonds. The third-order valence-electron chi connectivity index (χ3n) is 3.56. The highest BCUT2D eigenvalue weighted by molar-refractivity contribution is 5.93. The van der Waals surface area contributed by atoms with Crippen molar-refractivity contribution in [1.29, 1.82) is 0 Å². The number of hydrogen-bond acceptors (Lipinski definition) is 5. The van der Waals surface area contributed by atoms with Crippen LogP contribution in [0.15, 0.2) is 18.3 Å². The monoisotopic (exact) mass is 301 g/mol. The van der Waals surface area contributed by atoms with Crippen LogP contribution in [-0.2, 0) is 19.4 Å². The number of hydrogen-bond donors (Lipinski definition) is 2. The van der Waals surface area contributed by atoms with Crippen LogP contribution in [0.4, 0.5) is 0 Å². The predicted molar refractivity (Wildman–Crippen MR) is 75.6 cm³/mol. The molecule has 1 aliphatic heterocycles. The van der Waals surface area contributed by atoms with Crippen LogP contribution in [0.1, 0.15) is 38.9 Å². The number of carbonyl (C=O) groups excluding carboxylic acids is 1. The number of carboxylic acids is 1. The SMILES string of the molecule is O=C(O)c1ccc(C(=O)NCCc2nnc3n2CCC3)nc1. The highest BCUT2D eigenvalue weighted by Gasteiger charge is 2.17. The normalized spacial score (nSPS) is 12.9. The average Bonchev–Trinajstić information content (AvgIpc) is 3.12. The molecular weight excluding hydrogens is 286 g/mol. The van der Waals surface area contributed by atoms with E-state index in [1.165, 1.54) is 18.3 Å². The number of carbonyl (C=O) groups is 2. The number of nitrogens with zero attached hydrogens (tertiary/aromatic N) is 4. The summed E-state index contributed by atoms with van der Waals surface area (Å²) in [7, 11) is 0. The third kappa shape index (κ3) is 2.80. The molecule has 2 aromatic rings. The molecule has 8 heteroatoms. The highest BCUT2D eigenvalue weighted by atomic mass is 16.4. The molecule has 0 aliphatic carbocycles. The molecule has 0 aromatic carbocycles. The molecule has 8 nitrogen and oxygen atoms in total. The molecule has 0 radical (unpaired) electrons. The summed E-state index contributed by atoms with van der Waals surface area (Å²) in [6.07, 6.45) is 3.82. The third-order valence-corrected chi connectivity index (χ3v) is 3.56. The van der Waals surface area contributed by atoms with Gasteiger partial charge in [-0.3, -0.25) is 9.78 Å². The average molecular weight is 301 g/mol. The van der Waals surface area contributed by atoms with Gasteiger partial charge < -0.3 is 15.0 Å². The molecular formula is C14H15N5O3. The quantitative estimate of drug-likeness (QED) is 0.821. The van der Waals surface area contributed by atoms with Crippen molar-refractivity contribution >= 4 is 11.9 Å². The minimum Gasteiger partial charge on any atom is -0.478 e. The first-order valence-corrected chi connectivity index (χ1v) is 7.03. The van der Waals surface area contributed by atoms with Gasteiger partial charge >= 0.3 is 5.97 Å². The fourth-order valence-corrected chi connectivity index (χ4v) is 2.43. The number of aromatic carboxylic acids is 1. The van der Waals surface area contributed by atoms with E-state index in [0.717, 1.165) is 31.0 Å². The van der Waals surface area contributed by atoms with Gasteiger partial charge in [0.15, 0.2) is 0 Å². The number of pyridine rings is 1. The lowest BCUT2D eigenvalue weighted by Crippen LogP contribution is -2.27. The van der Waals surface area contributed by atoms with E-state index in [0.29, 0.717) is 13.0 Å². The summed E-state index contributed by atoms with van der Waals surface area (Å²) in [5.41, 5.74) is 0.243. The molecule has 114 valence electrons. The summed E-state index contributed by atoms with van der Waals surface area (Å²) in [5, 5.41) is 19.8. The van der Waals surface area contributed by atoms with Crippen LogP contribution in [0.3, 0.4) is 0 Å². The van der Waals surface area contributed by atoms with Gasteiger partial charge in [-0.05, 0) is 18.6 Å². The van der Waals surface area contributed by atoms with E-state index in [1.54, 1.807) is 0 Å². The van der Waals surface area contributed by atoms with Crippen LogP contribution in [0, 0.1) is 0 Å². The van der Waals surface area contributed by atoms with E-state index in [1.807, 2.05) is 0 Å². The molecule has 0 saturated heterocycles. The van der Waals surface area contributed by atoms with Crippen LogP contribution in [-0.4, -0.2) is 43.3 Å². The van der Waals surface area contributed by atoms with Crippen molar-refractivity contribution in [1.82, 2.24) is 25.1 Å². The van der Waals surface area contributed by atoms with Crippen LogP contribution >= 0.6 is 0 Å². The Morgan fingerprint density at radius 1 is 1.32 bits per heavy atom. The highest BCUT2D eigenvalue weighted by Crippen LogP contribution is 2.13. The van der Waals surface area contributed by atoms with Gasteiger partial charge in [0.05, 0.1) is 5.56 Å². The van der Waals surface area contributed by atoms with Crippen molar-refractivity contribution in [3.63, 3.8) is 0 Å². The second kappa shape index (κ2) is 5.92. The summed E-state index contributed by atoms with van der Waals surface area (Å²) < 4.78 is 2.09. The van der Waals surface area contributed by atoms with Gasteiger partial charge in [0.1, 0.15) is 17.3 Å². The van der Waals surface area contributed by atoms with Gasteiger partial charge in [0.25, 0.3) is 5.91 Å². The zero-order valence-corrected chi connectivity index (χ0v) is 11.8. The fraction of sp³-hybridized carbons (Fsp3) is 0.357. The van der Waals surface area contributed by atoms with E-state index in [9.17, 15) is 9.59 Å². The van der Waals surface area contributed by atoms with Crippen LogP contribution in [0.25, 0.3) is 0 Å². The minimum atomic E-state index is -1.07. The lowest BCUT2D eigenvalue weighted by atomic mass is 10.2. The van der Waals surface area contributed by atoms with Crippen molar-refractivity contribution in [3.8, 4) is 0 Å². The van der Waals surface area contributed by atoms with Crippen molar-refractivity contribution in [3.05, 3.63) is 41.2 Å². The van der Waals surface area contributed by atoms with Gasteiger partial charge in [-0.2, -0.15) is 0 Å². The Morgan fingerprint density at radius 3 is 2.91 bits per heavy atom. The number of fused-ring (bicyclic) bond motifs is 1. The van der Waals surface area contributed by atoms with Gasteiger partial charge in [0, 0.05) is 32.1 Å². The molecule has 22 heavy (non-hydrogen) atoms. The summed E-state index contributed by atoms with van der Waals surface area (Å²) >= 11 is 0. The first kappa shape index (κ1) is 14.2. The van der Waals surface area contributed by atoms with Crippen LogP contribution in [0.2, 0.25) is 0 Å². The van der Waals surface area contributed by atoms with Crippen LogP contribution < -0.4 is 5.32 Å². The molecule has 0 bridgehead atoms. The first-order chi connectivity index (χ1) is 10.6. The zero-order valence-electron chi connectivity index (χ0n) is 11.8. The van der Waals surface area contributed by atoms with E-state index in [-0.39, 0.29) is 17.2 Å². The maximum absolute atomic E-state index is 11.9. The molecule has 0 spiro atoms. The predicted octanol–water partition coefficient (Wildman–Crippen LogP) is 0.290. The number of aromatic nitrogens is 4. The van der Waals surface area contributed by atoms with E-state index < -0.39 is 5.97 Å². The van der Waals surface area contributed by atoms with Gasteiger partial charge in [-0.1, -0.05) is 0 Å². The lowest BCUT2D eigenvalue weighted by Gasteiger charge is -2.05. The van der Waals surface area contributed by atoms with Crippen molar-refractivity contribution in [2.45, 2.75) is 25.8 Å². The topological polar surface area (TPSA) is 110 Å². The van der Waals surface area contributed by atoms with Crippen LogP contribution in [0.5, 0.6) is 0 Å². The lowest BCUT2D eigenvalue weighted by molar-refractivity contribution is 0.0695. The Bertz CT molecular complexity index is 708. The van der Waals surface area contributed by atoms with Gasteiger partial charge in [-0.25, -0.2) is 4.79 Å². The molecule has 1 aliphatic rings. The van der Waals surface area contributed by atoms with Crippen molar-refractivity contribution < 1.29 is 14.7 Å². The smallest absolute Gasteiger partial charge is 0.337 e. The van der Waals surface area contributed by atoms with Gasteiger partial charge in [0.2, 0.25) is 0 Å². The van der Waals surface area contributed by atoms with Crippen molar-refractivity contribution in [2.24, 2.45) is 0 Å². The fourth-order valence-electron chi connectivity index (χ4n) is 2.43. The second-order valence-electron chi connectivity index (χ2n) is 5.03. The Morgan fingerprint density at radius 2 is 2.18 bits per heavy atom. The molecule has 0 saturated carbocycles. The van der Waals surface area contributed by atoms with E-state index in [2.05, 4.69) is 25.1 Å². The summed E-state index contributed by atoms with van der Waals surface area (Å²) in [4.78, 5) is 26.5. The summed E-state index contributed by atoms with van der Waals surface area (Å²) in [6, 6.07) is 2.75. The minimum absolute atomic E-state index is 0.0515. The maximum Gasteiger partial charge on any atom is 0.337 e. The standard InChI is InChI=1S/C14H15N5O3/c20-13(10-4-3-9(8-16-10)14(21)22)15-6-5-12-18-17-11-2-1-7-19(11)12/h3-4,8H,1-2,5-7H2,(H,15,20)(H,21,22). The molecule has 3 heterocycles. The number of rotatable bonds is 5. The molecule has 0 fully saturated rings. The second-order valence-corrected chi connectivity index (χ2v) is 5.03. The number of aryl methyl sites for hydroxylation is 1. The summed E-state index contributed by atoms with van der Waals surface area (Å²) in [5.74, 6) is 0.479. The van der Waals surface area contributed by atoms with E-state index >= 15 is 0 Å². The Balaban J connectivity index is 1.54. The Kier molecular flexibility index (Phi) is 3.82. The first-order valence-electron chi connectivity index (χ1n) is 7.03. The molecule has 0 atom stereocenters. The maximum atomic E-state index is 11.9. The Hall–Kier alpha value is -2.77. The summed E-state index contributed by atoms with van der Waals surface area (Å²) in [6.45, 7) is 1.36.